The molecule has 0 spiro atoms. The number of fused-ring (bicyclic) bond motifs is 3. The molecule has 3 aromatic carbocycles. The molecule has 0 bridgehead atoms. The summed E-state index contributed by atoms with van der Waals surface area (Å²) in [5.74, 6) is 1.01. The smallest absolute Gasteiger partial charge is 0.248 e. The zero-order chi connectivity index (χ0) is 17.3. The normalized spacial score (nSPS) is 11.7. The fraction of sp³-hybridized carbons (Fsp3) is 0. The van der Waals surface area contributed by atoms with Crippen molar-refractivity contribution >= 4 is 34.0 Å². The van der Waals surface area contributed by atoms with Crippen molar-refractivity contribution in [2.24, 2.45) is 0 Å². The monoisotopic (exact) mass is 337 g/mol. The second-order valence-electron chi connectivity index (χ2n) is 6.12. The number of H-pyrrole nitrogens is 1. The van der Waals surface area contributed by atoms with E-state index in [-0.39, 0.29) is 0 Å². The van der Waals surface area contributed by atoms with E-state index < -0.39 is 0 Å². The molecule has 0 aliphatic carbocycles. The summed E-state index contributed by atoms with van der Waals surface area (Å²) >= 11 is 0. The Hall–Kier alpha value is -3.66. The van der Waals surface area contributed by atoms with Crippen molar-refractivity contribution in [1.82, 2.24) is 15.2 Å². The number of aromatic amines is 1. The lowest BCUT2D eigenvalue weighted by atomic mass is 10.1. The molecule has 0 unspecified atom stereocenters. The van der Waals surface area contributed by atoms with Crippen molar-refractivity contribution in [2.75, 3.05) is 0 Å². The van der Waals surface area contributed by atoms with Crippen LogP contribution in [-0.2, 0) is 0 Å². The van der Waals surface area contributed by atoms with Crippen LogP contribution in [0.2, 0.25) is 0 Å². The summed E-state index contributed by atoms with van der Waals surface area (Å²) in [6, 6.07) is 24.4. The SMILES string of the molecule is C(=Cc1nnc(-c2ccc3[nH]c4ccccc4c3c2)o1)c1ccccc1. The minimum Gasteiger partial charge on any atom is -0.417 e. The summed E-state index contributed by atoms with van der Waals surface area (Å²) in [4.78, 5) is 3.42. The van der Waals surface area contributed by atoms with Crippen LogP contribution in [0.4, 0.5) is 0 Å². The maximum absolute atomic E-state index is 5.81. The second kappa shape index (κ2) is 6.01. The van der Waals surface area contributed by atoms with Gasteiger partial charge in [0.05, 0.1) is 0 Å². The first-order valence-corrected chi connectivity index (χ1v) is 8.44. The molecule has 5 rings (SSSR count). The van der Waals surface area contributed by atoms with E-state index in [0.717, 1.165) is 27.5 Å². The molecule has 0 saturated carbocycles. The first kappa shape index (κ1) is 14.7. The maximum Gasteiger partial charge on any atom is 0.248 e. The quantitative estimate of drug-likeness (QED) is 0.470. The molecule has 0 aliphatic heterocycles. The van der Waals surface area contributed by atoms with Crippen molar-refractivity contribution < 1.29 is 4.42 Å². The summed E-state index contributed by atoms with van der Waals surface area (Å²) in [5.41, 5.74) is 4.22. The topological polar surface area (TPSA) is 54.7 Å². The second-order valence-corrected chi connectivity index (χ2v) is 6.12. The largest absolute Gasteiger partial charge is 0.417 e. The minimum atomic E-state index is 0.489. The molecular weight excluding hydrogens is 322 g/mol. The zero-order valence-corrected chi connectivity index (χ0v) is 13.9. The number of nitrogens with one attached hydrogen (secondary N) is 1. The van der Waals surface area contributed by atoms with Crippen LogP contribution in [0.5, 0.6) is 0 Å². The van der Waals surface area contributed by atoms with Crippen LogP contribution in [0.1, 0.15) is 11.5 Å². The van der Waals surface area contributed by atoms with Gasteiger partial charge in [-0.1, -0.05) is 48.5 Å². The third-order valence-electron chi connectivity index (χ3n) is 4.41. The number of hydrogen-bond donors (Lipinski definition) is 1. The van der Waals surface area contributed by atoms with Crippen LogP contribution in [0.15, 0.2) is 77.2 Å². The Morgan fingerprint density at radius 3 is 2.46 bits per heavy atom. The molecule has 0 radical (unpaired) electrons. The van der Waals surface area contributed by atoms with Crippen molar-refractivity contribution in [3.05, 3.63) is 84.3 Å². The molecule has 0 aliphatic rings. The molecule has 1 N–H and O–H groups in total. The maximum atomic E-state index is 5.81. The number of aromatic nitrogens is 3. The molecule has 0 atom stereocenters. The highest BCUT2D eigenvalue weighted by Gasteiger charge is 2.10. The van der Waals surface area contributed by atoms with Crippen LogP contribution in [0.3, 0.4) is 0 Å². The summed E-state index contributed by atoms with van der Waals surface area (Å²) in [7, 11) is 0. The molecule has 124 valence electrons. The Labute approximate surface area is 149 Å². The van der Waals surface area contributed by atoms with E-state index in [4.69, 9.17) is 4.42 Å². The standard InChI is InChI=1S/C22H15N3O/c1-2-6-15(7-3-1)10-13-21-24-25-22(26-21)16-11-12-20-18(14-16)17-8-4-5-9-19(17)23-20/h1-14,23H. The van der Waals surface area contributed by atoms with Gasteiger partial charge in [-0.2, -0.15) is 0 Å². The molecule has 0 amide bonds. The minimum absolute atomic E-state index is 0.489. The third kappa shape index (κ3) is 2.58. The highest BCUT2D eigenvalue weighted by Crippen LogP contribution is 2.29. The van der Waals surface area contributed by atoms with E-state index in [1.165, 1.54) is 5.39 Å². The van der Waals surface area contributed by atoms with Crippen LogP contribution in [0, 0.1) is 0 Å². The Morgan fingerprint density at radius 2 is 1.54 bits per heavy atom. The average Bonchev–Trinajstić information content (AvgIpc) is 3.31. The number of para-hydroxylation sites is 1. The summed E-state index contributed by atoms with van der Waals surface area (Å²) in [6.07, 6.45) is 3.79. The van der Waals surface area contributed by atoms with Gasteiger partial charge >= 0.3 is 0 Å². The summed E-state index contributed by atoms with van der Waals surface area (Å²) in [6.45, 7) is 0. The van der Waals surface area contributed by atoms with Gasteiger partial charge in [0.1, 0.15) is 0 Å². The number of benzene rings is 3. The number of hydrogen-bond acceptors (Lipinski definition) is 3. The van der Waals surface area contributed by atoms with Gasteiger partial charge in [-0.15, -0.1) is 10.2 Å². The van der Waals surface area contributed by atoms with Crippen molar-refractivity contribution in [3.8, 4) is 11.5 Å². The first-order chi connectivity index (χ1) is 12.9. The first-order valence-electron chi connectivity index (χ1n) is 8.44. The Morgan fingerprint density at radius 1 is 0.731 bits per heavy atom. The third-order valence-corrected chi connectivity index (χ3v) is 4.41. The van der Waals surface area contributed by atoms with Gasteiger partial charge in [0.2, 0.25) is 11.8 Å². The van der Waals surface area contributed by atoms with Gasteiger partial charge in [0.15, 0.2) is 0 Å². The summed E-state index contributed by atoms with van der Waals surface area (Å²) < 4.78 is 5.81. The number of nitrogens with zero attached hydrogens (tertiary/aromatic N) is 2. The highest BCUT2D eigenvalue weighted by molar-refractivity contribution is 6.08. The van der Waals surface area contributed by atoms with E-state index in [1.807, 2.05) is 66.7 Å². The van der Waals surface area contributed by atoms with Gasteiger partial charge in [-0.3, -0.25) is 0 Å². The molecule has 0 fully saturated rings. The predicted molar refractivity (Wildman–Crippen MR) is 104 cm³/mol. The molecule has 26 heavy (non-hydrogen) atoms. The lowest BCUT2D eigenvalue weighted by Crippen LogP contribution is -1.78. The Kier molecular flexibility index (Phi) is 3.39. The molecule has 5 aromatic rings. The Balaban J connectivity index is 1.51. The van der Waals surface area contributed by atoms with E-state index in [9.17, 15) is 0 Å². The fourth-order valence-corrected chi connectivity index (χ4v) is 3.13. The van der Waals surface area contributed by atoms with E-state index >= 15 is 0 Å². The molecular formula is C22H15N3O. The molecule has 4 heteroatoms. The number of rotatable bonds is 3. The fourth-order valence-electron chi connectivity index (χ4n) is 3.13. The van der Waals surface area contributed by atoms with Crippen LogP contribution in [-0.4, -0.2) is 15.2 Å². The Bertz CT molecular complexity index is 1230. The zero-order valence-electron chi connectivity index (χ0n) is 13.9. The van der Waals surface area contributed by atoms with Crippen molar-refractivity contribution in [3.63, 3.8) is 0 Å². The van der Waals surface area contributed by atoms with Gasteiger partial charge in [-0.25, -0.2) is 0 Å². The van der Waals surface area contributed by atoms with Gasteiger partial charge in [0.25, 0.3) is 0 Å². The van der Waals surface area contributed by atoms with Gasteiger partial charge in [0, 0.05) is 33.4 Å². The van der Waals surface area contributed by atoms with Gasteiger partial charge < -0.3 is 9.40 Å². The van der Waals surface area contributed by atoms with Crippen LogP contribution < -0.4 is 0 Å². The van der Waals surface area contributed by atoms with E-state index in [2.05, 4.69) is 33.4 Å². The van der Waals surface area contributed by atoms with Crippen LogP contribution >= 0.6 is 0 Å². The summed E-state index contributed by atoms with van der Waals surface area (Å²) in [5, 5.41) is 10.7. The average molecular weight is 337 g/mol. The van der Waals surface area contributed by atoms with E-state index in [1.54, 1.807) is 0 Å². The molecule has 2 aromatic heterocycles. The van der Waals surface area contributed by atoms with Crippen molar-refractivity contribution in [2.45, 2.75) is 0 Å². The molecule has 4 nitrogen and oxygen atoms in total. The van der Waals surface area contributed by atoms with Gasteiger partial charge in [-0.05, 0) is 35.9 Å². The molecule has 2 heterocycles. The lowest BCUT2D eigenvalue weighted by molar-refractivity contribution is 0.558. The van der Waals surface area contributed by atoms with E-state index in [0.29, 0.717) is 11.8 Å². The lowest BCUT2D eigenvalue weighted by Gasteiger charge is -1.96. The highest BCUT2D eigenvalue weighted by atomic mass is 16.4. The molecule has 0 saturated heterocycles. The predicted octanol–water partition coefficient (Wildman–Crippen LogP) is 5.54. The van der Waals surface area contributed by atoms with Crippen molar-refractivity contribution in [1.29, 1.82) is 0 Å². The van der Waals surface area contributed by atoms with Crippen LogP contribution in [0.25, 0.3) is 45.4 Å².